The zero-order chi connectivity index (χ0) is 18.7. The van der Waals surface area contributed by atoms with E-state index in [0.29, 0.717) is 4.47 Å². The minimum atomic E-state index is -0.620. The topological polar surface area (TPSA) is 49.4 Å². The fourth-order valence-corrected chi connectivity index (χ4v) is 3.07. The fourth-order valence-electron chi connectivity index (χ4n) is 2.71. The van der Waals surface area contributed by atoms with E-state index in [9.17, 15) is 14.0 Å². The maximum Gasteiger partial charge on any atom is 0.257 e. The van der Waals surface area contributed by atoms with Crippen molar-refractivity contribution in [3.63, 3.8) is 0 Å². The lowest BCUT2D eigenvalue weighted by atomic mass is 10.1. The highest BCUT2D eigenvalue weighted by Gasteiger charge is 2.19. The lowest BCUT2D eigenvalue weighted by molar-refractivity contribution is -0.116. The number of rotatable bonds is 4. The molecule has 0 fully saturated rings. The van der Waals surface area contributed by atoms with Crippen molar-refractivity contribution in [1.29, 1.82) is 0 Å². The zero-order valence-electron chi connectivity index (χ0n) is 14.6. The van der Waals surface area contributed by atoms with E-state index in [0.717, 1.165) is 22.4 Å². The zero-order valence-corrected chi connectivity index (χ0v) is 16.2. The quantitative estimate of drug-likeness (QED) is 0.825. The van der Waals surface area contributed by atoms with Gasteiger partial charge in [-0.3, -0.25) is 9.59 Å². The SMILES string of the molecule is Cc1cc(C)c(NC(=O)CN(C)C(=O)c2cc(Br)ccc2F)c(C)c1. The highest BCUT2D eigenvalue weighted by Crippen LogP contribution is 2.22. The molecule has 4 nitrogen and oxygen atoms in total. The largest absolute Gasteiger partial charge is 0.332 e. The van der Waals surface area contributed by atoms with Crippen molar-refractivity contribution >= 4 is 33.4 Å². The Morgan fingerprint density at radius 1 is 1.12 bits per heavy atom. The van der Waals surface area contributed by atoms with Crippen LogP contribution >= 0.6 is 15.9 Å². The summed E-state index contributed by atoms with van der Waals surface area (Å²) in [6, 6.07) is 8.09. The molecule has 0 aliphatic rings. The summed E-state index contributed by atoms with van der Waals surface area (Å²) in [4.78, 5) is 25.9. The summed E-state index contributed by atoms with van der Waals surface area (Å²) in [6.45, 7) is 5.66. The number of anilines is 1. The number of carbonyl (C=O) groups excluding carboxylic acids is 2. The predicted octanol–water partition coefficient (Wildman–Crippen LogP) is 4.22. The molecule has 2 amide bonds. The average Bonchev–Trinajstić information content (AvgIpc) is 2.52. The first kappa shape index (κ1) is 19.1. The highest BCUT2D eigenvalue weighted by atomic mass is 79.9. The first-order valence-corrected chi connectivity index (χ1v) is 8.56. The molecule has 2 aromatic carbocycles. The van der Waals surface area contributed by atoms with Crippen LogP contribution in [0.15, 0.2) is 34.8 Å². The number of aryl methyl sites for hydroxylation is 3. The van der Waals surface area contributed by atoms with E-state index >= 15 is 0 Å². The first-order valence-electron chi connectivity index (χ1n) is 7.77. The fraction of sp³-hybridized carbons (Fsp3) is 0.263. The molecule has 0 radical (unpaired) electrons. The lowest BCUT2D eigenvalue weighted by Crippen LogP contribution is -2.35. The van der Waals surface area contributed by atoms with Gasteiger partial charge in [0.25, 0.3) is 5.91 Å². The molecule has 0 spiro atoms. The van der Waals surface area contributed by atoms with Gasteiger partial charge in [-0.1, -0.05) is 33.6 Å². The number of amides is 2. The molecule has 6 heteroatoms. The van der Waals surface area contributed by atoms with Crippen molar-refractivity contribution in [2.24, 2.45) is 0 Å². The van der Waals surface area contributed by atoms with Crippen LogP contribution in [0.5, 0.6) is 0 Å². The van der Waals surface area contributed by atoms with Gasteiger partial charge in [0.05, 0.1) is 12.1 Å². The molecular formula is C19H20BrFN2O2. The summed E-state index contributed by atoms with van der Waals surface area (Å²) in [5.41, 5.74) is 3.69. The van der Waals surface area contributed by atoms with E-state index in [1.54, 1.807) is 0 Å². The maximum absolute atomic E-state index is 13.8. The van der Waals surface area contributed by atoms with Gasteiger partial charge in [-0.25, -0.2) is 4.39 Å². The van der Waals surface area contributed by atoms with Crippen molar-refractivity contribution < 1.29 is 14.0 Å². The molecule has 0 unspecified atom stereocenters. The average molecular weight is 407 g/mol. The third kappa shape index (κ3) is 4.66. The van der Waals surface area contributed by atoms with Gasteiger partial charge >= 0.3 is 0 Å². The Labute approximate surface area is 155 Å². The normalized spacial score (nSPS) is 10.5. The third-order valence-corrected chi connectivity index (χ3v) is 4.32. The van der Waals surface area contributed by atoms with Gasteiger partial charge in [-0.15, -0.1) is 0 Å². The van der Waals surface area contributed by atoms with Crippen LogP contribution in [0.3, 0.4) is 0 Å². The second-order valence-corrected chi connectivity index (χ2v) is 7.02. The molecule has 2 aromatic rings. The van der Waals surface area contributed by atoms with Crippen molar-refractivity contribution in [3.05, 3.63) is 62.9 Å². The summed E-state index contributed by atoms with van der Waals surface area (Å²) in [5.74, 6) is -1.50. The smallest absolute Gasteiger partial charge is 0.257 e. The second-order valence-electron chi connectivity index (χ2n) is 6.11. The number of nitrogens with one attached hydrogen (secondary N) is 1. The molecule has 132 valence electrons. The van der Waals surface area contributed by atoms with Crippen molar-refractivity contribution in [3.8, 4) is 0 Å². The molecule has 25 heavy (non-hydrogen) atoms. The number of benzene rings is 2. The number of carbonyl (C=O) groups is 2. The third-order valence-electron chi connectivity index (χ3n) is 3.83. The van der Waals surface area contributed by atoms with E-state index < -0.39 is 11.7 Å². The number of hydrogen-bond donors (Lipinski definition) is 1. The molecule has 0 saturated heterocycles. The summed E-state index contributed by atoms with van der Waals surface area (Å²) in [6.07, 6.45) is 0. The first-order chi connectivity index (χ1) is 11.7. The van der Waals surface area contributed by atoms with Crippen LogP contribution in [0, 0.1) is 26.6 Å². The predicted molar refractivity (Wildman–Crippen MR) is 100 cm³/mol. The van der Waals surface area contributed by atoms with Crippen LogP contribution in [0.4, 0.5) is 10.1 Å². The molecule has 2 rings (SSSR count). The van der Waals surface area contributed by atoms with Crippen molar-refractivity contribution in [1.82, 2.24) is 4.90 Å². The van der Waals surface area contributed by atoms with Crippen molar-refractivity contribution in [2.45, 2.75) is 20.8 Å². The minimum absolute atomic E-state index is 0.0765. The van der Waals surface area contributed by atoms with Gasteiger partial charge in [-0.05, 0) is 50.1 Å². The van der Waals surface area contributed by atoms with Crippen LogP contribution in [0.1, 0.15) is 27.0 Å². The van der Waals surface area contributed by atoms with E-state index in [-0.39, 0.29) is 18.0 Å². The Morgan fingerprint density at radius 3 is 2.32 bits per heavy atom. The Kier molecular flexibility index (Phi) is 5.95. The molecule has 0 saturated carbocycles. The van der Waals surface area contributed by atoms with Crippen LogP contribution in [-0.4, -0.2) is 30.3 Å². The minimum Gasteiger partial charge on any atom is -0.332 e. The molecule has 0 heterocycles. The van der Waals surface area contributed by atoms with Crippen LogP contribution < -0.4 is 5.32 Å². The molecule has 0 aliphatic carbocycles. The summed E-state index contributed by atoms with van der Waals surface area (Å²) >= 11 is 3.21. The molecule has 1 N–H and O–H groups in total. The van der Waals surface area contributed by atoms with Gasteiger partial charge in [0.1, 0.15) is 5.82 Å². The summed E-state index contributed by atoms with van der Waals surface area (Å²) < 4.78 is 14.4. The Bertz CT molecular complexity index is 813. The second kappa shape index (κ2) is 7.78. The lowest BCUT2D eigenvalue weighted by Gasteiger charge is -2.19. The Balaban J connectivity index is 2.10. The summed E-state index contributed by atoms with van der Waals surface area (Å²) in [5, 5.41) is 2.83. The number of halogens is 2. The van der Waals surface area contributed by atoms with Gasteiger partial charge < -0.3 is 10.2 Å². The van der Waals surface area contributed by atoms with Crippen LogP contribution in [0.25, 0.3) is 0 Å². The van der Waals surface area contributed by atoms with Gasteiger partial charge in [-0.2, -0.15) is 0 Å². The van der Waals surface area contributed by atoms with Crippen molar-refractivity contribution in [2.75, 3.05) is 18.9 Å². The van der Waals surface area contributed by atoms with E-state index in [1.165, 1.54) is 30.1 Å². The van der Waals surface area contributed by atoms with E-state index in [2.05, 4.69) is 21.2 Å². The highest BCUT2D eigenvalue weighted by molar-refractivity contribution is 9.10. The Hall–Kier alpha value is -2.21. The number of hydrogen-bond acceptors (Lipinski definition) is 2. The Morgan fingerprint density at radius 2 is 1.72 bits per heavy atom. The standard InChI is InChI=1S/C19H20BrFN2O2/c1-11-7-12(2)18(13(3)8-11)22-17(24)10-23(4)19(25)15-9-14(20)5-6-16(15)21/h5-9H,10H2,1-4H3,(H,22,24). The van der Waals surface area contributed by atoms with Crippen LogP contribution in [-0.2, 0) is 4.79 Å². The van der Waals surface area contributed by atoms with Gasteiger partial charge in [0.2, 0.25) is 5.91 Å². The molecule has 0 bridgehead atoms. The number of nitrogens with zero attached hydrogens (tertiary/aromatic N) is 1. The van der Waals surface area contributed by atoms with E-state index in [4.69, 9.17) is 0 Å². The van der Waals surface area contributed by atoms with Crippen LogP contribution in [0.2, 0.25) is 0 Å². The van der Waals surface area contributed by atoms with Gasteiger partial charge in [0.15, 0.2) is 0 Å². The molecule has 0 aliphatic heterocycles. The maximum atomic E-state index is 13.8. The molecular weight excluding hydrogens is 387 g/mol. The van der Waals surface area contributed by atoms with E-state index in [1.807, 2.05) is 32.9 Å². The molecule has 0 atom stereocenters. The number of likely N-dealkylation sites (N-methyl/N-ethyl adjacent to an activating group) is 1. The summed E-state index contributed by atoms with van der Waals surface area (Å²) in [7, 11) is 1.47. The van der Waals surface area contributed by atoms with Gasteiger partial charge in [0, 0.05) is 17.2 Å². The molecule has 0 aromatic heterocycles. The monoisotopic (exact) mass is 406 g/mol.